The summed E-state index contributed by atoms with van der Waals surface area (Å²) in [7, 11) is 1.65. The average molecular weight is 806 g/mol. The summed E-state index contributed by atoms with van der Waals surface area (Å²) in [5, 5.41) is 19.5. The minimum atomic E-state index is -1.10. The molecule has 1 aliphatic carbocycles. The van der Waals surface area contributed by atoms with Gasteiger partial charge in [0.25, 0.3) is 23.6 Å². The van der Waals surface area contributed by atoms with Crippen LogP contribution >= 0.6 is 0 Å². The number of rotatable bonds is 14. The lowest BCUT2D eigenvalue weighted by atomic mass is 9.99. The van der Waals surface area contributed by atoms with Gasteiger partial charge in [0.05, 0.1) is 39.7 Å². The number of hydrogen-bond donors (Lipinski definition) is 4. The first-order chi connectivity index (χ1) is 28.5. The SMILES string of the molecule is CNc1c(C(=O)NC2CC2)cnc2cc(F)c(-c3ccc(C(=O)NCCCCn4cc(COc5cccc6c5C(=O)N(C5CCC(=O)NC5=O)C6=O)nn4)c(F)c3)cc12. The Balaban J connectivity index is 0.831. The van der Waals surface area contributed by atoms with Crippen molar-refractivity contribution in [2.24, 2.45) is 0 Å². The summed E-state index contributed by atoms with van der Waals surface area (Å²) in [4.78, 5) is 81.3. The lowest BCUT2D eigenvalue weighted by molar-refractivity contribution is -0.136. The summed E-state index contributed by atoms with van der Waals surface area (Å²) < 4.78 is 38.1. The van der Waals surface area contributed by atoms with Crippen molar-refractivity contribution in [3.8, 4) is 16.9 Å². The van der Waals surface area contributed by atoms with E-state index in [2.05, 4.69) is 36.6 Å². The Hall–Kier alpha value is -7.11. The Morgan fingerprint density at radius 3 is 2.53 bits per heavy atom. The van der Waals surface area contributed by atoms with Gasteiger partial charge in [0.2, 0.25) is 11.8 Å². The second-order valence-electron chi connectivity index (χ2n) is 14.4. The molecule has 18 heteroatoms. The molecule has 5 aromatic rings. The van der Waals surface area contributed by atoms with E-state index in [0.717, 1.165) is 23.8 Å². The van der Waals surface area contributed by atoms with Crippen molar-refractivity contribution in [2.75, 3.05) is 18.9 Å². The van der Waals surface area contributed by atoms with Crippen LogP contribution < -0.4 is 26.0 Å². The summed E-state index contributed by atoms with van der Waals surface area (Å²) in [5.41, 5.74) is 1.75. The zero-order valence-electron chi connectivity index (χ0n) is 31.6. The molecular formula is C41H37F2N9O7. The van der Waals surface area contributed by atoms with Crippen molar-refractivity contribution in [1.82, 2.24) is 40.8 Å². The fourth-order valence-corrected chi connectivity index (χ4v) is 7.20. The zero-order chi connectivity index (χ0) is 41.4. The number of amides is 6. The number of fused-ring (bicyclic) bond motifs is 2. The topological polar surface area (TPSA) is 207 Å². The maximum Gasteiger partial charge on any atom is 0.266 e. The Labute approximate surface area is 334 Å². The monoisotopic (exact) mass is 805 g/mol. The standard InChI is InChI=1S/C41H37F2N9O7/c1-44-36-27-16-26(30(43)17-31(27)46-18-28(36)38(55)47-22-8-9-22)21-7-10-24(29(42)15-21)37(54)45-13-2-3-14-51-19-23(49-50-51)20-59-33-6-4-5-25-35(33)41(58)52(40(25)57)32-11-12-34(53)48-39(32)56/h4-7,10,15-19,22,32H,2-3,8-9,11-14,20H2,1H3,(H,44,46)(H,45,54)(H,47,55)(H,48,53,56). The van der Waals surface area contributed by atoms with E-state index in [1.165, 1.54) is 42.6 Å². The summed E-state index contributed by atoms with van der Waals surface area (Å²) in [6.07, 6.45) is 6.03. The molecular weight excluding hydrogens is 769 g/mol. The van der Waals surface area contributed by atoms with Crippen LogP contribution in [0.3, 0.4) is 0 Å². The Morgan fingerprint density at radius 1 is 0.932 bits per heavy atom. The number of aryl methyl sites for hydroxylation is 1. The summed E-state index contributed by atoms with van der Waals surface area (Å²) in [5.74, 6) is -4.74. The molecule has 1 atom stereocenters. The summed E-state index contributed by atoms with van der Waals surface area (Å²) in [6.45, 7) is 0.607. The van der Waals surface area contributed by atoms with Gasteiger partial charge in [-0.25, -0.2) is 8.78 Å². The van der Waals surface area contributed by atoms with Crippen molar-refractivity contribution in [2.45, 2.75) is 63.8 Å². The molecule has 4 heterocycles. The normalized spacial score (nSPS) is 16.3. The maximum atomic E-state index is 15.3. The molecule has 4 N–H and O–H groups in total. The highest BCUT2D eigenvalue weighted by molar-refractivity contribution is 6.24. The van der Waals surface area contributed by atoms with Gasteiger partial charge >= 0.3 is 0 Å². The number of anilines is 1. The Kier molecular flexibility index (Phi) is 10.5. The van der Waals surface area contributed by atoms with E-state index in [1.807, 2.05) is 0 Å². The van der Waals surface area contributed by atoms with Crippen molar-refractivity contribution in [3.05, 3.63) is 101 Å². The zero-order valence-corrected chi connectivity index (χ0v) is 31.6. The molecule has 0 bridgehead atoms. The molecule has 2 aromatic heterocycles. The number of ether oxygens (including phenoxy) is 1. The Bertz CT molecular complexity index is 2570. The van der Waals surface area contributed by atoms with E-state index in [4.69, 9.17) is 4.74 Å². The number of hydrogen-bond acceptors (Lipinski definition) is 11. The van der Waals surface area contributed by atoms with Crippen LogP contribution in [0.5, 0.6) is 5.75 Å². The number of unbranched alkanes of at least 4 members (excludes halogenated alkanes) is 1. The number of pyridine rings is 1. The number of carbonyl (C=O) groups excluding carboxylic acids is 6. The van der Waals surface area contributed by atoms with Gasteiger partial charge in [-0.05, 0) is 68.0 Å². The van der Waals surface area contributed by atoms with E-state index in [0.29, 0.717) is 47.2 Å². The van der Waals surface area contributed by atoms with Crippen LogP contribution in [-0.4, -0.2) is 86.0 Å². The lowest BCUT2D eigenvalue weighted by Crippen LogP contribution is -2.54. The minimum absolute atomic E-state index is 0.00744. The summed E-state index contributed by atoms with van der Waals surface area (Å²) >= 11 is 0. The van der Waals surface area contributed by atoms with Gasteiger partial charge in [0.1, 0.15) is 35.7 Å². The van der Waals surface area contributed by atoms with Crippen LogP contribution in [0.4, 0.5) is 14.5 Å². The number of aromatic nitrogens is 4. The molecule has 3 aromatic carbocycles. The average Bonchev–Trinajstić information content (AvgIpc) is 3.86. The summed E-state index contributed by atoms with van der Waals surface area (Å²) in [6, 6.07) is 10.2. The molecule has 1 saturated carbocycles. The first-order valence-electron chi connectivity index (χ1n) is 19.1. The van der Waals surface area contributed by atoms with Crippen LogP contribution in [0.15, 0.2) is 60.9 Å². The molecule has 0 radical (unpaired) electrons. The molecule has 3 aliphatic rings. The highest BCUT2D eigenvalue weighted by Crippen LogP contribution is 2.35. The number of halogens is 2. The molecule has 302 valence electrons. The molecule has 6 amide bonds. The van der Waals surface area contributed by atoms with E-state index < -0.39 is 47.2 Å². The van der Waals surface area contributed by atoms with Gasteiger partial charge in [0.15, 0.2) is 0 Å². The molecule has 0 spiro atoms. The first kappa shape index (κ1) is 38.7. The third-order valence-corrected chi connectivity index (χ3v) is 10.4. The third kappa shape index (κ3) is 7.80. The minimum Gasteiger partial charge on any atom is -0.486 e. The Morgan fingerprint density at radius 2 is 1.76 bits per heavy atom. The highest BCUT2D eigenvalue weighted by atomic mass is 19.1. The van der Waals surface area contributed by atoms with Crippen molar-refractivity contribution in [3.63, 3.8) is 0 Å². The fraction of sp³-hybridized carbons (Fsp3) is 0.293. The lowest BCUT2D eigenvalue weighted by Gasteiger charge is -2.27. The number of nitrogens with one attached hydrogen (secondary N) is 4. The molecule has 16 nitrogen and oxygen atoms in total. The predicted octanol–water partition coefficient (Wildman–Crippen LogP) is 3.90. The van der Waals surface area contributed by atoms with Gasteiger partial charge in [0, 0.05) is 55.8 Å². The van der Waals surface area contributed by atoms with Crippen molar-refractivity contribution < 1.29 is 42.3 Å². The molecule has 59 heavy (non-hydrogen) atoms. The molecule has 2 aliphatic heterocycles. The predicted molar refractivity (Wildman–Crippen MR) is 206 cm³/mol. The largest absolute Gasteiger partial charge is 0.486 e. The second-order valence-corrected chi connectivity index (χ2v) is 14.4. The number of piperidine rings is 1. The van der Waals surface area contributed by atoms with Crippen LogP contribution in [0, 0.1) is 11.6 Å². The van der Waals surface area contributed by atoms with Crippen molar-refractivity contribution >= 4 is 52.0 Å². The molecule has 8 rings (SSSR count). The van der Waals surface area contributed by atoms with E-state index in [1.54, 1.807) is 24.0 Å². The van der Waals surface area contributed by atoms with Gasteiger partial charge in [-0.15, -0.1) is 5.10 Å². The van der Waals surface area contributed by atoms with Gasteiger partial charge in [-0.3, -0.25) is 48.6 Å². The number of nitrogens with zero attached hydrogens (tertiary/aromatic N) is 5. The van der Waals surface area contributed by atoms with E-state index >= 15 is 8.78 Å². The fourth-order valence-electron chi connectivity index (χ4n) is 7.20. The van der Waals surface area contributed by atoms with Crippen LogP contribution in [0.1, 0.15) is 85.7 Å². The quantitative estimate of drug-likeness (QED) is 0.0936. The van der Waals surface area contributed by atoms with Gasteiger partial charge in [-0.2, -0.15) is 0 Å². The molecule has 2 fully saturated rings. The van der Waals surface area contributed by atoms with Gasteiger partial charge in [-0.1, -0.05) is 17.3 Å². The van der Waals surface area contributed by atoms with Crippen LogP contribution in [0.2, 0.25) is 0 Å². The van der Waals surface area contributed by atoms with Crippen LogP contribution in [-0.2, 0) is 22.7 Å². The molecule has 1 unspecified atom stereocenters. The van der Waals surface area contributed by atoms with Crippen LogP contribution in [0.25, 0.3) is 22.0 Å². The van der Waals surface area contributed by atoms with E-state index in [9.17, 15) is 28.8 Å². The maximum absolute atomic E-state index is 15.3. The number of carbonyl (C=O) groups is 6. The van der Waals surface area contributed by atoms with E-state index in [-0.39, 0.29) is 71.5 Å². The third-order valence-electron chi connectivity index (χ3n) is 10.4. The second kappa shape index (κ2) is 16.0. The first-order valence-corrected chi connectivity index (χ1v) is 19.1. The number of benzene rings is 3. The smallest absolute Gasteiger partial charge is 0.266 e. The van der Waals surface area contributed by atoms with Gasteiger partial charge < -0.3 is 20.7 Å². The molecule has 1 saturated heterocycles. The highest BCUT2D eigenvalue weighted by Gasteiger charge is 2.46. The van der Waals surface area contributed by atoms with Crippen molar-refractivity contribution in [1.29, 1.82) is 0 Å². The number of imide groups is 2.